The predicted octanol–water partition coefficient (Wildman–Crippen LogP) is 1.89. The van der Waals surface area contributed by atoms with Crippen LogP contribution in [0, 0.1) is 0 Å². The Labute approximate surface area is 125 Å². The van der Waals surface area contributed by atoms with Gasteiger partial charge in [0.05, 0.1) is 6.26 Å². The van der Waals surface area contributed by atoms with Crippen LogP contribution >= 0.6 is 11.8 Å². The van der Waals surface area contributed by atoms with Crippen molar-refractivity contribution in [2.24, 2.45) is 0 Å². The molecule has 0 amide bonds. The van der Waals surface area contributed by atoms with E-state index in [4.69, 9.17) is 0 Å². The maximum absolute atomic E-state index is 11.4. The molecule has 1 aromatic carbocycles. The summed E-state index contributed by atoms with van der Waals surface area (Å²) in [5.41, 5.74) is 2.21. The van der Waals surface area contributed by atoms with Gasteiger partial charge >= 0.3 is 0 Å². The van der Waals surface area contributed by atoms with Gasteiger partial charge in [0.15, 0.2) is 0 Å². The van der Waals surface area contributed by atoms with Crippen molar-refractivity contribution < 1.29 is 8.42 Å². The lowest BCUT2D eigenvalue weighted by molar-refractivity contribution is 0.399. The first-order valence-corrected chi connectivity index (χ1v) is 9.69. The van der Waals surface area contributed by atoms with E-state index in [0.717, 1.165) is 11.5 Å². The molecule has 2 N–H and O–H groups in total. The maximum Gasteiger partial charge on any atom is 0.209 e. The molecule has 1 atom stereocenters. The van der Waals surface area contributed by atoms with Gasteiger partial charge in [-0.25, -0.2) is 13.1 Å². The number of thioether (sulfide) groups is 1. The molecule has 1 aliphatic heterocycles. The maximum atomic E-state index is 11.4. The van der Waals surface area contributed by atoms with Gasteiger partial charge < -0.3 is 5.32 Å². The molecule has 1 aliphatic rings. The third-order valence-corrected chi connectivity index (χ3v) is 5.23. The summed E-state index contributed by atoms with van der Waals surface area (Å²) in [5.74, 6) is 2.07. The van der Waals surface area contributed by atoms with Crippen LogP contribution in [-0.2, 0) is 15.8 Å². The SMILES string of the molecule is CC(C)(CNC1CSCc2ccccc21)NS(C)(=O)=O. The molecule has 4 nitrogen and oxygen atoms in total. The Morgan fingerprint density at radius 2 is 2.05 bits per heavy atom. The Balaban J connectivity index is 2.02. The predicted molar refractivity (Wildman–Crippen MR) is 85.4 cm³/mol. The van der Waals surface area contributed by atoms with Gasteiger partial charge in [-0.1, -0.05) is 24.3 Å². The number of hydrogen-bond acceptors (Lipinski definition) is 4. The van der Waals surface area contributed by atoms with Crippen molar-refractivity contribution in [1.82, 2.24) is 10.0 Å². The minimum Gasteiger partial charge on any atom is -0.307 e. The third kappa shape index (κ3) is 4.48. The number of sulfonamides is 1. The second-order valence-electron chi connectivity index (χ2n) is 5.91. The van der Waals surface area contributed by atoms with Crippen LogP contribution < -0.4 is 10.0 Å². The molecule has 0 bridgehead atoms. The molecule has 1 unspecified atom stereocenters. The zero-order valence-electron chi connectivity index (χ0n) is 12.1. The van der Waals surface area contributed by atoms with Crippen molar-refractivity contribution in [2.75, 3.05) is 18.6 Å². The van der Waals surface area contributed by atoms with Gasteiger partial charge in [-0.3, -0.25) is 0 Å². The zero-order valence-corrected chi connectivity index (χ0v) is 13.8. The normalized spacial score (nSPS) is 19.6. The fourth-order valence-corrected chi connectivity index (χ4v) is 4.68. The van der Waals surface area contributed by atoms with E-state index in [9.17, 15) is 8.42 Å². The van der Waals surface area contributed by atoms with Gasteiger partial charge in [-0.2, -0.15) is 11.8 Å². The van der Waals surface area contributed by atoms with Gasteiger partial charge in [0.2, 0.25) is 10.0 Å². The van der Waals surface area contributed by atoms with Crippen LogP contribution in [0.15, 0.2) is 24.3 Å². The monoisotopic (exact) mass is 314 g/mol. The Morgan fingerprint density at radius 3 is 2.75 bits per heavy atom. The smallest absolute Gasteiger partial charge is 0.209 e. The first-order valence-electron chi connectivity index (χ1n) is 6.65. The van der Waals surface area contributed by atoms with Crippen molar-refractivity contribution in [3.05, 3.63) is 35.4 Å². The topological polar surface area (TPSA) is 58.2 Å². The molecule has 1 aromatic rings. The first kappa shape index (κ1) is 15.8. The van der Waals surface area contributed by atoms with Gasteiger partial charge in [0.1, 0.15) is 0 Å². The number of nitrogens with one attached hydrogen (secondary N) is 2. The summed E-state index contributed by atoms with van der Waals surface area (Å²) in [7, 11) is -3.19. The van der Waals surface area contributed by atoms with E-state index in [2.05, 4.69) is 34.3 Å². The fourth-order valence-electron chi connectivity index (χ4n) is 2.47. The van der Waals surface area contributed by atoms with Gasteiger partial charge in [-0.15, -0.1) is 0 Å². The van der Waals surface area contributed by atoms with Gasteiger partial charge in [-0.05, 0) is 25.0 Å². The van der Waals surface area contributed by atoms with Crippen LogP contribution in [0.1, 0.15) is 31.0 Å². The number of benzene rings is 1. The number of fused-ring (bicyclic) bond motifs is 1. The summed E-state index contributed by atoms with van der Waals surface area (Å²) in [6.07, 6.45) is 1.19. The Bertz CT molecular complexity index is 570. The van der Waals surface area contributed by atoms with E-state index in [0.29, 0.717) is 6.54 Å². The highest BCUT2D eigenvalue weighted by Crippen LogP contribution is 2.31. The Hall–Kier alpha value is -0.560. The molecule has 0 saturated heterocycles. The van der Waals surface area contributed by atoms with E-state index in [1.807, 2.05) is 25.6 Å². The van der Waals surface area contributed by atoms with E-state index >= 15 is 0 Å². The number of rotatable bonds is 5. The van der Waals surface area contributed by atoms with Gasteiger partial charge in [0, 0.05) is 29.6 Å². The largest absolute Gasteiger partial charge is 0.307 e. The van der Waals surface area contributed by atoms with Crippen molar-refractivity contribution in [3.8, 4) is 0 Å². The third-order valence-electron chi connectivity index (χ3n) is 3.22. The quantitative estimate of drug-likeness (QED) is 0.871. The molecule has 0 aliphatic carbocycles. The van der Waals surface area contributed by atoms with E-state index in [1.165, 1.54) is 17.4 Å². The molecule has 0 saturated carbocycles. The van der Waals surface area contributed by atoms with Gasteiger partial charge in [0.25, 0.3) is 0 Å². The summed E-state index contributed by atoms with van der Waals surface area (Å²) >= 11 is 1.91. The van der Waals surface area contributed by atoms with E-state index < -0.39 is 15.6 Å². The first-order chi connectivity index (χ1) is 9.27. The lowest BCUT2D eigenvalue weighted by Gasteiger charge is -2.31. The molecular formula is C14H22N2O2S2. The molecule has 0 aromatic heterocycles. The molecular weight excluding hydrogens is 292 g/mol. The number of hydrogen-bond donors (Lipinski definition) is 2. The van der Waals surface area contributed by atoms with E-state index in [-0.39, 0.29) is 6.04 Å². The molecule has 0 spiro atoms. The second-order valence-corrected chi connectivity index (χ2v) is 8.68. The summed E-state index contributed by atoms with van der Waals surface area (Å²) < 4.78 is 25.4. The zero-order chi connectivity index (χ0) is 14.8. The van der Waals surface area contributed by atoms with Crippen molar-refractivity contribution in [3.63, 3.8) is 0 Å². The van der Waals surface area contributed by atoms with Crippen LogP contribution in [0.2, 0.25) is 0 Å². The Kier molecular flexibility index (Phi) is 4.79. The summed E-state index contributed by atoms with van der Waals surface area (Å²) in [6.45, 7) is 4.38. The average Bonchev–Trinajstić information content (AvgIpc) is 2.33. The van der Waals surface area contributed by atoms with Crippen LogP contribution in [-0.4, -0.2) is 32.5 Å². The van der Waals surface area contributed by atoms with Crippen molar-refractivity contribution in [1.29, 1.82) is 0 Å². The minimum atomic E-state index is -3.19. The molecule has 0 fully saturated rings. The lowest BCUT2D eigenvalue weighted by Crippen LogP contribution is -2.50. The standard InChI is InChI=1S/C14H22N2O2S2/c1-14(2,16-20(3,17)18)10-15-13-9-19-8-11-6-4-5-7-12(11)13/h4-7,13,15-16H,8-10H2,1-3H3. The van der Waals surface area contributed by atoms with Crippen LogP contribution in [0.3, 0.4) is 0 Å². The second kappa shape index (κ2) is 6.05. The van der Waals surface area contributed by atoms with E-state index in [1.54, 1.807) is 0 Å². The lowest BCUT2D eigenvalue weighted by atomic mass is 10.0. The molecule has 20 heavy (non-hydrogen) atoms. The molecule has 112 valence electrons. The summed E-state index contributed by atoms with van der Waals surface area (Å²) in [6, 6.07) is 8.73. The highest BCUT2D eigenvalue weighted by atomic mass is 32.2. The summed E-state index contributed by atoms with van der Waals surface area (Å²) in [4.78, 5) is 0. The molecule has 6 heteroatoms. The molecule has 1 heterocycles. The molecule has 0 radical (unpaired) electrons. The van der Waals surface area contributed by atoms with Crippen LogP contribution in [0.4, 0.5) is 0 Å². The summed E-state index contributed by atoms with van der Waals surface area (Å²) in [5, 5.41) is 3.49. The van der Waals surface area contributed by atoms with Crippen molar-refractivity contribution in [2.45, 2.75) is 31.2 Å². The highest BCUT2D eigenvalue weighted by Gasteiger charge is 2.25. The highest BCUT2D eigenvalue weighted by molar-refractivity contribution is 7.98. The fraction of sp³-hybridized carbons (Fsp3) is 0.571. The van der Waals surface area contributed by atoms with Crippen molar-refractivity contribution >= 4 is 21.8 Å². The molecule has 2 rings (SSSR count). The minimum absolute atomic E-state index is 0.283. The van der Waals surface area contributed by atoms with Crippen LogP contribution in [0.25, 0.3) is 0 Å². The Morgan fingerprint density at radius 1 is 1.35 bits per heavy atom. The van der Waals surface area contributed by atoms with Crippen LogP contribution in [0.5, 0.6) is 0 Å². The average molecular weight is 314 g/mol.